The Morgan fingerprint density at radius 1 is 1.12 bits per heavy atom. The van der Waals surface area contributed by atoms with Crippen LogP contribution in [-0.2, 0) is 19.5 Å². The molecule has 0 saturated carbocycles. The fourth-order valence-electron chi connectivity index (χ4n) is 3.69. The predicted molar refractivity (Wildman–Crippen MR) is 102 cm³/mol. The summed E-state index contributed by atoms with van der Waals surface area (Å²) in [6, 6.07) is 10.4. The highest BCUT2D eigenvalue weighted by Crippen LogP contribution is 2.20. The molecule has 26 heavy (non-hydrogen) atoms. The number of hydrogen-bond acceptors (Lipinski definition) is 4. The van der Waals surface area contributed by atoms with E-state index in [2.05, 4.69) is 46.9 Å². The quantitative estimate of drug-likeness (QED) is 0.792. The molecule has 1 aliphatic heterocycles. The van der Waals surface area contributed by atoms with Gasteiger partial charge in [-0.2, -0.15) is 0 Å². The van der Waals surface area contributed by atoms with E-state index in [-0.39, 0.29) is 5.56 Å². The van der Waals surface area contributed by atoms with Crippen LogP contribution in [0.3, 0.4) is 0 Å². The summed E-state index contributed by atoms with van der Waals surface area (Å²) in [4.78, 5) is 26.5. The van der Waals surface area contributed by atoms with Gasteiger partial charge >= 0.3 is 0 Å². The topological polar surface area (TPSA) is 61.9 Å². The highest BCUT2D eigenvalue weighted by atomic mass is 16.1. The molecule has 1 N–H and O–H groups in total. The van der Waals surface area contributed by atoms with Crippen LogP contribution < -0.4 is 5.56 Å². The van der Waals surface area contributed by atoms with Crippen molar-refractivity contribution in [3.63, 3.8) is 0 Å². The Bertz CT molecular complexity index is 974. The average Bonchev–Trinajstić information content (AvgIpc) is 2.61. The molecule has 132 valence electrons. The van der Waals surface area contributed by atoms with Crippen LogP contribution in [0.25, 0.3) is 11.4 Å². The standard InChI is InChI=1S/C21H22N4O/c1-14-9-15(2)11-16(10-14)12-25-8-5-18-19(13-25)23-20(24-21(18)26)17-3-6-22-7-4-17/h3-4,6-7,9-11H,5,8,12-13H2,1-2H3,(H,23,24,26). The van der Waals surface area contributed by atoms with Gasteiger partial charge in [0.1, 0.15) is 5.82 Å². The molecule has 0 fully saturated rings. The van der Waals surface area contributed by atoms with Gasteiger partial charge in [0.05, 0.1) is 5.69 Å². The maximum absolute atomic E-state index is 12.5. The number of fused-ring (bicyclic) bond motifs is 1. The van der Waals surface area contributed by atoms with Crippen LogP contribution in [0, 0.1) is 13.8 Å². The van der Waals surface area contributed by atoms with Crippen molar-refractivity contribution >= 4 is 0 Å². The summed E-state index contributed by atoms with van der Waals surface area (Å²) in [7, 11) is 0. The first-order chi connectivity index (χ1) is 12.6. The summed E-state index contributed by atoms with van der Waals surface area (Å²) in [6.07, 6.45) is 4.15. The summed E-state index contributed by atoms with van der Waals surface area (Å²) in [6.45, 7) is 6.71. The molecule has 0 spiro atoms. The van der Waals surface area contributed by atoms with E-state index < -0.39 is 0 Å². The van der Waals surface area contributed by atoms with Gasteiger partial charge in [0.25, 0.3) is 5.56 Å². The zero-order valence-corrected chi connectivity index (χ0v) is 15.1. The van der Waals surface area contributed by atoms with E-state index in [0.717, 1.165) is 36.3 Å². The van der Waals surface area contributed by atoms with Crippen LogP contribution in [0.15, 0.2) is 47.5 Å². The first-order valence-electron chi connectivity index (χ1n) is 8.90. The molecule has 0 saturated heterocycles. The van der Waals surface area contributed by atoms with Gasteiger partial charge in [-0.3, -0.25) is 14.7 Å². The third-order valence-corrected chi connectivity index (χ3v) is 4.79. The molecule has 4 rings (SSSR count). The average molecular weight is 346 g/mol. The summed E-state index contributed by atoms with van der Waals surface area (Å²) in [5.74, 6) is 0.615. The van der Waals surface area contributed by atoms with Crippen LogP contribution in [0.4, 0.5) is 0 Å². The number of nitrogens with zero attached hydrogens (tertiary/aromatic N) is 3. The van der Waals surface area contributed by atoms with Gasteiger partial charge in [-0.05, 0) is 38.0 Å². The number of aromatic amines is 1. The number of pyridine rings is 1. The maximum Gasteiger partial charge on any atom is 0.254 e. The first-order valence-corrected chi connectivity index (χ1v) is 8.90. The van der Waals surface area contributed by atoms with E-state index in [1.807, 2.05) is 12.1 Å². The number of benzene rings is 1. The molecule has 3 heterocycles. The maximum atomic E-state index is 12.5. The van der Waals surface area contributed by atoms with Crippen molar-refractivity contribution in [2.24, 2.45) is 0 Å². The number of aromatic nitrogens is 3. The number of rotatable bonds is 3. The Labute approximate surface area is 152 Å². The van der Waals surface area contributed by atoms with Gasteiger partial charge in [-0.1, -0.05) is 29.3 Å². The van der Waals surface area contributed by atoms with E-state index in [9.17, 15) is 4.79 Å². The Kier molecular flexibility index (Phi) is 4.39. The molecule has 5 nitrogen and oxygen atoms in total. The highest BCUT2D eigenvalue weighted by molar-refractivity contribution is 5.54. The van der Waals surface area contributed by atoms with E-state index >= 15 is 0 Å². The molecule has 0 bridgehead atoms. The van der Waals surface area contributed by atoms with Crippen molar-refractivity contribution in [2.75, 3.05) is 6.54 Å². The van der Waals surface area contributed by atoms with Gasteiger partial charge in [0.15, 0.2) is 0 Å². The number of H-pyrrole nitrogens is 1. The number of hydrogen-bond donors (Lipinski definition) is 1. The van der Waals surface area contributed by atoms with Gasteiger partial charge in [-0.15, -0.1) is 0 Å². The fraction of sp³-hybridized carbons (Fsp3) is 0.286. The van der Waals surface area contributed by atoms with Crippen molar-refractivity contribution in [3.8, 4) is 11.4 Å². The minimum Gasteiger partial charge on any atom is -0.306 e. The van der Waals surface area contributed by atoms with Gasteiger partial charge in [0.2, 0.25) is 0 Å². The fourth-order valence-corrected chi connectivity index (χ4v) is 3.69. The van der Waals surface area contributed by atoms with Crippen molar-refractivity contribution < 1.29 is 0 Å². The molecular formula is C21H22N4O. The lowest BCUT2D eigenvalue weighted by Gasteiger charge is -2.28. The lowest BCUT2D eigenvalue weighted by atomic mass is 10.0. The molecular weight excluding hydrogens is 324 g/mol. The Morgan fingerprint density at radius 2 is 1.85 bits per heavy atom. The zero-order valence-electron chi connectivity index (χ0n) is 15.1. The second-order valence-corrected chi connectivity index (χ2v) is 7.03. The third-order valence-electron chi connectivity index (χ3n) is 4.79. The summed E-state index contributed by atoms with van der Waals surface area (Å²) in [5.41, 5.74) is 6.44. The summed E-state index contributed by atoms with van der Waals surface area (Å²) >= 11 is 0. The monoisotopic (exact) mass is 346 g/mol. The van der Waals surface area contributed by atoms with Gasteiger partial charge in [-0.25, -0.2) is 4.98 Å². The van der Waals surface area contributed by atoms with E-state index in [1.54, 1.807) is 12.4 Å². The predicted octanol–water partition coefficient (Wildman–Crippen LogP) is 3.01. The van der Waals surface area contributed by atoms with E-state index in [0.29, 0.717) is 12.4 Å². The van der Waals surface area contributed by atoms with E-state index in [4.69, 9.17) is 4.98 Å². The number of nitrogens with one attached hydrogen (secondary N) is 1. The molecule has 2 aromatic heterocycles. The molecule has 0 unspecified atom stereocenters. The van der Waals surface area contributed by atoms with Crippen molar-refractivity contribution in [2.45, 2.75) is 33.4 Å². The van der Waals surface area contributed by atoms with Crippen LogP contribution in [0.2, 0.25) is 0 Å². The summed E-state index contributed by atoms with van der Waals surface area (Å²) < 4.78 is 0. The SMILES string of the molecule is Cc1cc(C)cc(CN2CCc3c(nc(-c4ccncc4)[nH]c3=O)C2)c1. The van der Waals surface area contributed by atoms with Gasteiger partial charge in [0, 0.05) is 43.2 Å². The van der Waals surface area contributed by atoms with E-state index in [1.165, 1.54) is 16.7 Å². The normalized spacial score (nSPS) is 14.2. The molecule has 1 aromatic carbocycles. The largest absolute Gasteiger partial charge is 0.306 e. The zero-order chi connectivity index (χ0) is 18.1. The van der Waals surface area contributed by atoms with Crippen LogP contribution in [-0.4, -0.2) is 26.4 Å². The van der Waals surface area contributed by atoms with Gasteiger partial charge < -0.3 is 4.98 Å². The molecule has 1 aliphatic rings. The van der Waals surface area contributed by atoms with Crippen molar-refractivity contribution in [1.82, 2.24) is 19.9 Å². The van der Waals surface area contributed by atoms with Crippen molar-refractivity contribution in [3.05, 3.63) is 81.0 Å². The lowest BCUT2D eigenvalue weighted by molar-refractivity contribution is 0.240. The van der Waals surface area contributed by atoms with Crippen LogP contribution in [0.5, 0.6) is 0 Å². The summed E-state index contributed by atoms with van der Waals surface area (Å²) in [5, 5.41) is 0. The molecule has 5 heteroatoms. The third kappa shape index (κ3) is 3.44. The van der Waals surface area contributed by atoms with Crippen molar-refractivity contribution in [1.29, 1.82) is 0 Å². The molecule has 0 atom stereocenters. The number of aryl methyl sites for hydroxylation is 2. The second kappa shape index (κ2) is 6.84. The highest BCUT2D eigenvalue weighted by Gasteiger charge is 2.21. The Balaban J connectivity index is 1.61. The first kappa shape index (κ1) is 16.7. The lowest BCUT2D eigenvalue weighted by Crippen LogP contribution is -2.35. The molecule has 0 amide bonds. The minimum atomic E-state index is -0.0205. The van der Waals surface area contributed by atoms with Crippen LogP contribution in [0.1, 0.15) is 27.9 Å². The second-order valence-electron chi connectivity index (χ2n) is 7.03. The Morgan fingerprint density at radius 3 is 2.58 bits per heavy atom. The molecule has 0 radical (unpaired) electrons. The minimum absolute atomic E-state index is 0.0205. The molecule has 3 aromatic rings. The molecule has 0 aliphatic carbocycles. The van der Waals surface area contributed by atoms with Crippen LogP contribution >= 0.6 is 0 Å². The Hall–Kier alpha value is -2.79. The smallest absolute Gasteiger partial charge is 0.254 e.